The molecule has 2 aliphatic rings. The first-order valence-corrected chi connectivity index (χ1v) is 8.21. The SMILES string of the molecule is C=C(C)C(=O)OCCNC(=O)OC1C2CCC(O2)C1O[SH](=O)=O. The van der Waals surface area contributed by atoms with Gasteiger partial charge in [-0.1, -0.05) is 6.58 Å². The van der Waals surface area contributed by atoms with Crippen molar-refractivity contribution in [3.63, 3.8) is 0 Å². The van der Waals surface area contributed by atoms with Crippen LogP contribution >= 0.6 is 0 Å². The molecule has 0 aromatic rings. The molecule has 0 aliphatic carbocycles. The van der Waals surface area contributed by atoms with Gasteiger partial charge in [-0.15, -0.1) is 0 Å². The molecule has 1 N–H and O–H groups in total. The zero-order valence-corrected chi connectivity index (χ0v) is 13.5. The maximum Gasteiger partial charge on any atom is 0.407 e. The Morgan fingerprint density at radius 2 is 1.91 bits per heavy atom. The fourth-order valence-corrected chi connectivity index (χ4v) is 3.01. The van der Waals surface area contributed by atoms with Crippen molar-refractivity contribution >= 4 is 23.0 Å². The Morgan fingerprint density at radius 1 is 1.26 bits per heavy atom. The number of ether oxygens (including phenoxy) is 3. The number of nitrogens with one attached hydrogen (secondary N) is 1. The largest absolute Gasteiger partial charge is 0.460 e. The smallest absolute Gasteiger partial charge is 0.407 e. The van der Waals surface area contributed by atoms with Crippen molar-refractivity contribution in [2.24, 2.45) is 0 Å². The molecule has 2 aliphatic heterocycles. The number of fused-ring (bicyclic) bond motifs is 2. The van der Waals surface area contributed by atoms with Crippen LogP contribution in [0.1, 0.15) is 19.8 Å². The number of alkyl carbamates (subject to hydrolysis) is 1. The Bertz CT molecular complexity index is 552. The second kappa shape index (κ2) is 7.75. The highest BCUT2D eigenvalue weighted by Gasteiger charge is 2.52. The van der Waals surface area contributed by atoms with Crippen LogP contribution in [0.25, 0.3) is 0 Å². The van der Waals surface area contributed by atoms with E-state index in [-0.39, 0.29) is 30.9 Å². The van der Waals surface area contributed by atoms with Gasteiger partial charge in [-0.3, -0.25) is 4.18 Å². The summed E-state index contributed by atoms with van der Waals surface area (Å²) in [5, 5.41) is 2.41. The van der Waals surface area contributed by atoms with E-state index in [9.17, 15) is 18.0 Å². The second-order valence-electron chi connectivity index (χ2n) is 5.30. The van der Waals surface area contributed by atoms with E-state index in [0.29, 0.717) is 12.8 Å². The lowest BCUT2D eigenvalue weighted by Gasteiger charge is -2.25. The van der Waals surface area contributed by atoms with E-state index in [0.717, 1.165) is 0 Å². The zero-order chi connectivity index (χ0) is 17.0. The second-order valence-corrected chi connectivity index (χ2v) is 5.95. The molecule has 0 spiro atoms. The van der Waals surface area contributed by atoms with Crippen LogP contribution in [-0.4, -0.2) is 58.0 Å². The molecule has 4 unspecified atom stereocenters. The van der Waals surface area contributed by atoms with Crippen LogP contribution in [0.5, 0.6) is 0 Å². The highest BCUT2D eigenvalue weighted by molar-refractivity contribution is 7.67. The molecule has 2 rings (SSSR count). The summed E-state index contributed by atoms with van der Waals surface area (Å²) in [6.45, 7) is 4.97. The molecule has 1 amide bonds. The zero-order valence-electron chi connectivity index (χ0n) is 12.6. The molecular formula is C13H19NO8S. The summed E-state index contributed by atoms with van der Waals surface area (Å²) in [4.78, 5) is 22.9. The van der Waals surface area contributed by atoms with Crippen LogP contribution in [-0.2, 0) is 34.2 Å². The number of thiol groups is 1. The topological polar surface area (TPSA) is 117 Å². The Morgan fingerprint density at radius 3 is 2.52 bits per heavy atom. The fourth-order valence-electron chi connectivity index (χ4n) is 2.55. The highest BCUT2D eigenvalue weighted by atomic mass is 32.2. The summed E-state index contributed by atoms with van der Waals surface area (Å²) in [6.07, 6.45) is -1.77. The molecule has 4 atom stereocenters. The lowest BCUT2D eigenvalue weighted by atomic mass is 9.95. The average Bonchev–Trinajstić information content (AvgIpc) is 3.06. The van der Waals surface area contributed by atoms with Gasteiger partial charge in [-0.2, -0.15) is 0 Å². The third kappa shape index (κ3) is 4.66. The third-order valence-corrected chi connectivity index (χ3v) is 3.96. The first-order valence-electron chi connectivity index (χ1n) is 7.12. The minimum atomic E-state index is -3.06. The summed E-state index contributed by atoms with van der Waals surface area (Å²) in [5.74, 6) is -0.547. The fraction of sp³-hybridized carbons (Fsp3) is 0.692. The average molecular weight is 349 g/mol. The molecule has 0 aromatic carbocycles. The van der Waals surface area contributed by atoms with Gasteiger partial charge in [-0.25, -0.2) is 18.0 Å². The van der Waals surface area contributed by atoms with Crippen LogP contribution in [0.2, 0.25) is 0 Å². The maximum atomic E-state index is 11.7. The van der Waals surface area contributed by atoms with Gasteiger partial charge in [0.1, 0.15) is 12.7 Å². The van der Waals surface area contributed by atoms with E-state index in [4.69, 9.17) is 18.4 Å². The molecule has 2 fully saturated rings. The number of amides is 1. The lowest BCUT2D eigenvalue weighted by molar-refractivity contribution is -0.138. The minimum absolute atomic E-state index is 0.0274. The van der Waals surface area contributed by atoms with Gasteiger partial charge >= 0.3 is 12.1 Å². The third-order valence-electron chi connectivity index (χ3n) is 3.55. The van der Waals surface area contributed by atoms with Crippen LogP contribution in [0.15, 0.2) is 12.2 Å². The minimum Gasteiger partial charge on any atom is -0.460 e. The van der Waals surface area contributed by atoms with E-state index in [1.165, 1.54) is 6.92 Å². The predicted octanol–water partition coefficient (Wildman–Crippen LogP) is -0.327. The van der Waals surface area contributed by atoms with Crippen LogP contribution < -0.4 is 5.32 Å². The Balaban J connectivity index is 1.75. The Kier molecular flexibility index (Phi) is 5.97. The van der Waals surface area contributed by atoms with E-state index >= 15 is 0 Å². The van der Waals surface area contributed by atoms with E-state index < -0.39 is 35.3 Å². The van der Waals surface area contributed by atoms with E-state index in [2.05, 4.69) is 11.9 Å². The summed E-state index contributed by atoms with van der Waals surface area (Å²) in [7, 11) is -3.06. The van der Waals surface area contributed by atoms with Crippen molar-refractivity contribution in [2.45, 2.75) is 44.2 Å². The highest BCUT2D eigenvalue weighted by Crippen LogP contribution is 2.38. The summed E-state index contributed by atoms with van der Waals surface area (Å²) >= 11 is 0. The van der Waals surface area contributed by atoms with Gasteiger partial charge in [0, 0.05) is 5.57 Å². The number of carbonyl (C=O) groups is 2. The molecule has 2 bridgehead atoms. The van der Waals surface area contributed by atoms with Gasteiger partial charge in [0.15, 0.2) is 6.10 Å². The van der Waals surface area contributed by atoms with Gasteiger partial charge in [-0.05, 0) is 19.8 Å². The Labute approximate surface area is 135 Å². The number of hydrogen-bond acceptors (Lipinski definition) is 8. The number of esters is 1. The number of hydrogen-bond donors (Lipinski definition) is 2. The molecule has 9 nitrogen and oxygen atoms in total. The molecule has 23 heavy (non-hydrogen) atoms. The summed E-state index contributed by atoms with van der Waals surface area (Å²) in [5.41, 5.74) is 0.262. The van der Waals surface area contributed by atoms with Crippen molar-refractivity contribution in [3.05, 3.63) is 12.2 Å². The van der Waals surface area contributed by atoms with Gasteiger partial charge in [0.2, 0.25) is 0 Å². The maximum absolute atomic E-state index is 11.7. The molecule has 10 heteroatoms. The molecule has 0 saturated carbocycles. The molecule has 2 saturated heterocycles. The van der Waals surface area contributed by atoms with E-state index in [1.807, 2.05) is 0 Å². The molecule has 130 valence electrons. The van der Waals surface area contributed by atoms with Crippen molar-refractivity contribution in [1.82, 2.24) is 5.32 Å². The quantitative estimate of drug-likeness (QED) is 0.278. The first kappa shape index (κ1) is 17.7. The molecule has 0 aromatic heterocycles. The van der Waals surface area contributed by atoms with Crippen molar-refractivity contribution in [3.8, 4) is 0 Å². The summed E-state index contributed by atoms with van der Waals surface area (Å²) in [6, 6.07) is 0. The van der Waals surface area contributed by atoms with Gasteiger partial charge in [0.25, 0.3) is 11.0 Å². The molecular weight excluding hydrogens is 330 g/mol. The van der Waals surface area contributed by atoms with Crippen LogP contribution in [0.4, 0.5) is 4.79 Å². The Hall–Kier alpha value is -1.65. The number of rotatable bonds is 7. The number of carbonyl (C=O) groups excluding carboxylic acids is 2. The monoisotopic (exact) mass is 349 g/mol. The normalized spacial score (nSPS) is 28.6. The van der Waals surface area contributed by atoms with Crippen molar-refractivity contribution < 1.29 is 36.4 Å². The van der Waals surface area contributed by atoms with Crippen LogP contribution in [0, 0.1) is 0 Å². The van der Waals surface area contributed by atoms with Gasteiger partial charge < -0.3 is 19.5 Å². The van der Waals surface area contributed by atoms with E-state index in [1.54, 1.807) is 0 Å². The summed E-state index contributed by atoms with van der Waals surface area (Å²) < 4.78 is 41.8. The lowest BCUT2D eigenvalue weighted by Crippen LogP contribution is -2.44. The standard InChI is InChI=1S/C13H19NO8S/c1-7(2)12(15)19-6-5-14-13(16)21-10-8-3-4-9(20-8)11(10)22-23(17)18/h8-11,23H,1,3-6H2,2H3,(H,14,16). The predicted molar refractivity (Wildman–Crippen MR) is 77.1 cm³/mol. The van der Waals surface area contributed by atoms with Crippen LogP contribution in [0.3, 0.4) is 0 Å². The molecule has 0 radical (unpaired) electrons. The van der Waals surface area contributed by atoms with Gasteiger partial charge in [0.05, 0.1) is 18.8 Å². The van der Waals surface area contributed by atoms with Crippen molar-refractivity contribution in [2.75, 3.05) is 13.2 Å². The molecule has 2 heterocycles. The van der Waals surface area contributed by atoms with Crippen molar-refractivity contribution in [1.29, 1.82) is 0 Å². The first-order chi connectivity index (χ1) is 10.9.